The summed E-state index contributed by atoms with van der Waals surface area (Å²) in [7, 11) is 0. The lowest BCUT2D eigenvalue weighted by Gasteiger charge is -2.42. The molecule has 1 aromatic rings. The summed E-state index contributed by atoms with van der Waals surface area (Å²) in [4.78, 5) is 26.5. The van der Waals surface area contributed by atoms with Crippen molar-refractivity contribution in [2.75, 3.05) is 0 Å². The first-order valence-electron chi connectivity index (χ1n) is 9.74. The number of carbonyl (C=O) groups excluding carboxylic acids is 2. The smallest absolute Gasteiger partial charge is 0.238 e. The second-order valence-corrected chi connectivity index (χ2v) is 8.50. The van der Waals surface area contributed by atoms with Gasteiger partial charge in [0.05, 0.1) is 0 Å². The van der Waals surface area contributed by atoms with Crippen molar-refractivity contribution < 1.29 is 22.8 Å². The van der Waals surface area contributed by atoms with Crippen molar-refractivity contribution in [1.29, 1.82) is 0 Å². The van der Waals surface area contributed by atoms with Gasteiger partial charge in [-0.2, -0.15) is 0 Å². The zero-order valence-electron chi connectivity index (χ0n) is 15.5. The van der Waals surface area contributed by atoms with Crippen LogP contribution in [0.3, 0.4) is 0 Å². The van der Waals surface area contributed by atoms with Crippen molar-refractivity contribution in [2.24, 2.45) is 22.8 Å². The topological polar surface area (TPSA) is 89.4 Å². The van der Waals surface area contributed by atoms with Crippen LogP contribution in [-0.4, -0.2) is 34.8 Å². The van der Waals surface area contributed by atoms with Crippen LogP contribution >= 0.6 is 0 Å². The van der Waals surface area contributed by atoms with E-state index in [2.05, 4.69) is 0 Å². The molecule has 2 saturated heterocycles. The van der Waals surface area contributed by atoms with Crippen molar-refractivity contribution in [3.8, 4) is 0 Å². The van der Waals surface area contributed by atoms with Crippen LogP contribution in [0.4, 0.5) is 13.2 Å². The Kier molecular flexibility index (Phi) is 4.64. The van der Waals surface area contributed by atoms with E-state index in [-0.39, 0.29) is 35.9 Å². The van der Waals surface area contributed by atoms with Gasteiger partial charge in [-0.3, -0.25) is 9.59 Å². The van der Waals surface area contributed by atoms with Gasteiger partial charge < -0.3 is 16.4 Å². The summed E-state index contributed by atoms with van der Waals surface area (Å²) in [5, 5.41) is 0. The van der Waals surface area contributed by atoms with Crippen LogP contribution in [0, 0.1) is 28.8 Å². The molecule has 2 bridgehead atoms. The predicted molar refractivity (Wildman–Crippen MR) is 95.2 cm³/mol. The lowest BCUT2D eigenvalue weighted by atomic mass is 9.82. The normalized spacial score (nSPS) is 28.9. The molecule has 152 valence electrons. The molecule has 0 unspecified atom stereocenters. The number of hydrogen-bond acceptors (Lipinski definition) is 3. The number of fused-ring (bicyclic) bond motifs is 2. The van der Waals surface area contributed by atoms with Gasteiger partial charge in [-0.1, -0.05) is 0 Å². The Hall–Kier alpha value is -2.09. The molecule has 4 atom stereocenters. The molecule has 0 aromatic heterocycles. The first-order valence-corrected chi connectivity index (χ1v) is 9.74. The van der Waals surface area contributed by atoms with Gasteiger partial charge in [0.15, 0.2) is 11.6 Å². The summed E-state index contributed by atoms with van der Waals surface area (Å²) in [6.07, 6.45) is 4.12. The van der Waals surface area contributed by atoms with Crippen molar-refractivity contribution >= 4 is 11.8 Å². The highest BCUT2D eigenvalue weighted by molar-refractivity contribution is 6.07. The molecule has 1 aromatic carbocycles. The first-order chi connectivity index (χ1) is 13.2. The molecule has 2 amide bonds. The Bertz CT molecular complexity index is 813. The molecule has 4 N–H and O–H groups in total. The average Bonchev–Trinajstić information content (AvgIpc) is 3.41. The van der Waals surface area contributed by atoms with E-state index in [0.29, 0.717) is 31.7 Å². The summed E-state index contributed by atoms with van der Waals surface area (Å²) in [6.45, 7) is 0. The zero-order valence-corrected chi connectivity index (χ0v) is 15.5. The van der Waals surface area contributed by atoms with Crippen molar-refractivity contribution in [1.82, 2.24) is 4.90 Å². The minimum atomic E-state index is -1.22. The number of nitrogens with zero attached hydrogens (tertiary/aromatic N) is 1. The van der Waals surface area contributed by atoms with Crippen molar-refractivity contribution in [2.45, 2.75) is 63.1 Å². The molecule has 0 spiro atoms. The van der Waals surface area contributed by atoms with E-state index in [1.807, 2.05) is 4.90 Å². The third kappa shape index (κ3) is 3.07. The SMILES string of the molecule is NC(=O)C1(C(=O)N2[C@@H]3CC[C@H]2C[C@H]([C@H](N)Cc2cc(F)c(F)cc2F)C3)CC1. The first kappa shape index (κ1) is 19.2. The minimum absolute atomic E-state index is 0.00562. The van der Waals surface area contributed by atoms with Crippen LogP contribution < -0.4 is 11.5 Å². The standard InChI is InChI=1S/C20H24F3N3O2/c21-14-9-16(23)15(22)7-10(14)8-17(24)11-5-12-1-2-13(6-11)26(12)19(28)20(3-4-20)18(25)27/h7,9,11-13,17H,1-6,8,24H2,(H2,25,27)/t11-,12-,13+,17-/m1/s1. The molecule has 28 heavy (non-hydrogen) atoms. The van der Waals surface area contributed by atoms with E-state index >= 15 is 0 Å². The molecule has 3 fully saturated rings. The largest absolute Gasteiger partial charge is 0.369 e. The van der Waals surface area contributed by atoms with E-state index in [9.17, 15) is 22.8 Å². The highest BCUT2D eigenvalue weighted by atomic mass is 19.2. The summed E-state index contributed by atoms with van der Waals surface area (Å²) < 4.78 is 40.5. The Morgan fingerprint density at radius 1 is 1.07 bits per heavy atom. The van der Waals surface area contributed by atoms with Crippen molar-refractivity contribution in [3.05, 3.63) is 35.1 Å². The molecule has 2 aliphatic heterocycles. The number of piperidine rings is 1. The number of amides is 2. The fourth-order valence-corrected chi connectivity index (χ4v) is 4.98. The fraction of sp³-hybridized carbons (Fsp3) is 0.600. The molecule has 4 rings (SSSR count). The van der Waals surface area contributed by atoms with E-state index in [1.54, 1.807) is 0 Å². The van der Waals surface area contributed by atoms with Gasteiger partial charge in [-0.25, -0.2) is 13.2 Å². The summed E-state index contributed by atoms with van der Waals surface area (Å²) in [6, 6.07) is 0.969. The maximum atomic E-state index is 13.9. The summed E-state index contributed by atoms with van der Waals surface area (Å²) in [5.74, 6) is -3.79. The van der Waals surface area contributed by atoms with Gasteiger partial charge >= 0.3 is 0 Å². The number of hydrogen-bond donors (Lipinski definition) is 2. The molecule has 1 aliphatic carbocycles. The number of benzene rings is 1. The maximum Gasteiger partial charge on any atom is 0.238 e. The van der Waals surface area contributed by atoms with Gasteiger partial charge in [-0.05, 0) is 62.5 Å². The number of nitrogens with two attached hydrogens (primary N) is 2. The number of primary amides is 1. The summed E-state index contributed by atoms with van der Waals surface area (Å²) >= 11 is 0. The van der Waals surface area contributed by atoms with Crippen LogP contribution in [0.25, 0.3) is 0 Å². The molecule has 8 heteroatoms. The lowest BCUT2D eigenvalue weighted by Crippen LogP contribution is -2.54. The van der Waals surface area contributed by atoms with Gasteiger partial charge in [0.2, 0.25) is 11.8 Å². The Balaban J connectivity index is 1.45. The third-order valence-corrected chi connectivity index (χ3v) is 6.79. The Morgan fingerprint density at radius 3 is 2.18 bits per heavy atom. The van der Waals surface area contributed by atoms with Crippen LogP contribution in [0.1, 0.15) is 44.1 Å². The fourth-order valence-electron chi connectivity index (χ4n) is 4.98. The number of rotatable bonds is 5. The third-order valence-electron chi connectivity index (χ3n) is 6.79. The predicted octanol–water partition coefficient (Wildman–Crippen LogP) is 2.01. The monoisotopic (exact) mass is 395 g/mol. The van der Waals surface area contributed by atoms with Crippen molar-refractivity contribution in [3.63, 3.8) is 0 Å². The summed E-state index contributed by atoms with van der Waals surface area (Å²) in [5.41, 5.74) is 10.8. The van der Waals surface area contributed by atoms with Gasteiger partial charge in [0.1, 0.15) is 11.2 Å². The second-order valence-electron chi connectivity index (χ2n) is 8.50. The Labute approximate surface area is 161 Å². The minimum Gasteiger partial charge on any atom is -0.369 e. The van der Waals surface area contributed by atoms with Crippen LogP contribution in [0.5, 0.6) is 0 Å². The molecular formula is C20H24F3N3O2. The van der Waals surface area contributed by atoms with Gasteiger partial charge in [-0.15, -0.1) is 0 Å². The highest BCUT2D eigenvalue weighted by Crippen LogP contribution is 2.51. The average molecular weight is 395 g/mol. The number of carbonyl (C=O) groups is 2. The van der Waals surface area contributed by atoms with E-state index in [4.69, 9.17) is 11.5 Å². The van der Waals surface area contributed by atoms with Crippen LogP contribution in [-0.2, 0) is 16.0 Å². The van der Waals surface area contributed by atoms with Crippen LogP contribution in [0.2, 0.25) is 0 Å². The molecule has 2 heterocycles. The highest BCUT2D eigenvalue weighted by Gasteiger charge is 2.60. The second kappa shape index (κ2) is 6.76. The zero-order chi connectivity index (χ0) is 20.2. The molecule has 0 radical (unpaired) electrons. The molecule has 1 saturated carbocycles. The van der Waals surface area contributed by atoms with Gasteiger partial charge in [0, 0.05) is 24.2 Å². The Morgan fingerprint density at radius 2 is 1.64 bits per heavy atom. The van der Waals surface area contributed by atoms with E-state index in [1.165, 1.54) is 0 Å². The number of halogens is 3. The van der Waals surface area contributed by atoms with Gasteiger partial charge in [0.25, 0.3) is 0 Å². The van der Waals surface area contributed by atoms with E-state index < -0.39 is 34.8 Å². The lowest BCUT2D eigenvalue weighted by molar-refractivity contribution is -0.147. The van der Waals surface area contributed by atoms with Crippen LogP contribution in [0.15, 0.2) is 12.1 Å². The van der Waals surface area contributed by atoms with E-state index in [0.717, 1.165) is 18.9 Å². The molecule has 5 nitrogen and oxygen atoms in total. The molecule has 3 aliphatic rings. The quantitative estimate of drug-likeness (QED) is 0.590. The molecular weight excluding hydrogens is 371 g/mol. The maximum absolute atomic E-state index is 13.9.